The van der Waals surface area contributed by atoms with Gasteiger partial charge in [-0.15, -0.1) is 0 Å². The van der Waals surface area contributed by atoms with Crippen molar-refractivity contribution in [1.82, 2.24) is 9.80 Å². The number of hydrogen-bond acceptors (Lipinski definition) is 5. The van der Waals surface area contributed by atoms with Crippen LogP contribution in [0.1, 0.15) is 25.7 Å². The molecule has 0 spiro atoms. The van der Waals surface area contributed by atoms with Crippen LogP contribution in [-0.4, -0.2) is 80.7 Å². The molecule has 0 saturated carbocycles. The van der Waals surface area contributed by atoms with E-state index in [0.717, 1.165) is 71.6 Å². The fourth-order valence-electron chi connectivity index (χ4n) is 4.52. The Hall–Kier alpha value is -2.38. The van der Waals surface area contributed by atoms with Crippen molar-refractivity contribution in [1.29, 1.82) is 0 Å². The number of allylic oxidation sites excluding steroid dienone is 2. The molecular formula is C24H33N3O4. The highest BCUT2D eigenvalue weighted by atomic mass is 16.5. The Balaban J connectivity index is 1.40. The Kier molecular flexibility index (Phi) is 7.59. The predicted molar refractivity (Wildman–Crippen MR) is 119 cm³/mol. The lowest BCUT2D eigenvalue weighted by atomic mass is 9.94. The summed E-state index contributed by atoms with van der Waals surface area (Å²) >= 11 is 0. The highest BCUT2D eigenvalue weighted by molar-refractivity contribution is 6.02. The number of nitrogens with zero attached hydrogens (tertiary/aromatic N) is 3. The SMILES string of the molecule is O=C(CN1C(=O)COc2ccccc21)N(CCCN1CCOCC1)C[C@H]1CC=CCC1. The molecule has 4 rings (SSSR count). The number of carbonyl (C=O) groups is 2. The molecule has 0 radical (unpaired) electrons. The largest absolute Gasteiger partial charge is 0.482 e. The summed E-state index contributed by atoms with van der Waals surface area (Å²) in [6.45, 7) is 5.99. The summed E-state index contributed by atoms with van der Waals surface area (Å²) < 4.78 is 11.0. The summed E-state index contributed by atoms with van der Waals surface area (Å²) in [5, 5.41) is 0. The summed E-state index contributed by atoms with van der Waals surface area (Å²) in [5.41, 5.74) is 0.681. The molecule has 2 amide bonds. The third-order valence-corrected chi connectivity index (χ3v) is 6.32. The van der Waals surface area contributed by atoms with E-state index in [0.29, 0.717) is 17.4 Å². The van der Waals surface area contributed by atoms with Gasteiger partial charge in [0, 0.05) is 32.7 Å². The van der Waals surface area contributed by atoms with Crippen molar-refractivity contribution in [2.75, 3.05) is 64.0 Å². The molecule has 1 aromatic carbocycles. The molecule has 168 valence electrons. The van der Waals surface area contributed by atoms with E-state index in [-0.39, 0.29) is 25.0 Å². The average molecular weight is 428 g/mol. The maximum atomic E-state index is 13.4. The normalized spacial score (nSPS) is 21.5. The zero-order chi connectivity index (χ0) is 21.5. The Morgan fingerprint density at radius 3 is 2.81 bits per heavy atom. The van der Waals surface area contributed by atoms with E-state index in [9.17, 15) is 9.59 Å². The van der Waals surface area contributed by atoms with Crippen LogP contribution in [0.5, 0.6) is 5.75 Å². The molecule has 1 fully saturated rings. The number of carbonyl (C=O) groups excluding carboxylic acids is 2. The van der Waals surface area contributed by atoms with Gasteiger partial charge in [-0.3, -0.25) is 19.4 Å². The van der Waals surface area contributed by atoms with Crippen molar-refractivity contribution in [3.05, 3.63) is 36.4 Å². The maximum Gasteiger partial charge on any atom is 0.265 e. The molecule has 1 atom stereocenters. The van der Waals surface area contributed by atoms with Gasteiger partial charge in [0.05, 0.1) is 18.9 Å². The molecule has 3 aliphatic rings. The second-order valence-electron chi connectivity index (χ2n) is 8.53. The first-order valence-corrected chi connectivity index (χ1v) is 11.5. The van der Waals surface area contributed by atoms with Crippen molar-refractivity contribution in [3.8, 4) is 5.75 Å². The van der Waals surface area contributed by atoms with Crippen LogP contribution in [0.15, 0.2) is 36.4 Å². The summed E-state index contributed by atoms with van der Waals surface area (Å²) in [5.74, 6) is 0.999. The first-order valence-electron chi connectivity index (χ1n) is 11.5. The fourth-order valence-corrected chi connectivity index (χ4v) is 4.52. The van der Waals surface area contributed by atoms with Gasteiger partial charge in [0.1, 0.15) is 12.3 Å². The van der Waals surface area contributed by atoms with Gasteiger partial charge in [-0.2, -0.15) is 0 Å². The van der Waals surface area contributed by atoms with Crippen LogP contribution in [-0.2, 0) is 14.3 Å². The number of hydrogen-bond donors (Lipinski definition) is 0. The van der Waals surface area contributed by atoms with Gasteiger partial charge in [0.15, 0.2) is 6.61 Å². The van der Waals surface area contributed by atoms with E-state index in [1.165, 1.54) is 0 Å². The molecule has 0 unspecified atom stereocenters. The van der Waals surface area contributed by atoms with Crippen LogP contribution in [0, 0.1) is 5.92 Å². The lowest BCUT2D eigenvalue weighted by molar-refractivity contribution is -0.132. The van der Waals surface area contributed by atoms with E-state index in [1.807, 2.05) is 29.2 Å². The number of morpholine rings is 1. The number of para-hydroxylation sites is 2. The van der Waals surface area contributed by atoms with Gasteiger partial charge in [-0.1, -0.05) is 24.3 Å². The molecule has 1 saturated heterocycles. The minimum Gasteiger partial charge on any atom is -0.482 e. The first-order chi connectivity index (χ1) is 15.2. The van der Waals surface area contributed by atoms with Gasteiger partial charge in [0.2, 0.25) is 5.91 Å². The van der Waals surface area contributed by atoms with E-state index >= 15 is 0 Å². The number of rotatable bonds is 8. The van der Waals surface area contributed by atoms with E-state index in [4.69, 9.17) is 9.47 Å². The molecule has 2 heterocycles. The van der Waals surface area contributed by atoms with Crippen molar-refractivity contribution in [3.63, 3.8) is 0 Å². The van der Waals surface area contributed by atoms with Crippen LogP contribution < -0.4 is 9.64 Å². The van der Waals surface area contributed by atoms with Gasteiger partial charge in [0.25, 0.3) is 5.91 Å². The first kappa shape index (κ1) is 21.8. The number of amides is 2. The zero-order valence-electron chi connectivity index (χ0n) is 18.2. The van der Waals surface area contributed by atoms with Crippen molar-refractivity contribution in [2.45, 2.75) is 25.7 Å². The quantitative estimate of drug-likeness (QED) is 0.596. The summed E-state index contributed by atoms with van der Waals surface area (Å²) in [6.07, 6.45) is 8.60. The van der Waals surface area contributed by atoms with Crippen molar-refractivity contribution in [2.24, 2.45) is 5.92 Å². The molecule has 1 aromatic rings. The van der Waals surface area contributed by atoms with Gasteiger partial charge in [-0.25, -0.2) is 0 Å². The highest BCUT2D eigenvalue weighted by Crippen LogP contribution is 2.31. The average Bonchev–Trinajstić information content (AvgIpc) is 2.81. The topological polar surface area (TPSA) is 62.3 Å². The maximum absolute atomic E-state index is 13.4. The number of anilines is 1. The molecule has 0 bridgehead atoms. The van der Waals surface area contributed by atoms with Crippen LogP contribution >= 0.6 is 0 Å². The molecule has 0 N–H and O–H groups in total. The van der Waals surface area contributed by atoms with Crippen LogP contribution in [0.4, 0.5) is 5.69 Å². The standard InChI is InChI=1S/C24H33N3O4/c28-23(18-27-21-9-4-5-10-22(21)31-19-24(27)29)26(17-20-7-2-1-3-8-20)12-6-11-25-13-15-30-16-14-25/h1-2,4-5,9-10,20H,3,6-8,11-19H2/t20-/m0/s1. The smallest absolute Gasteiger partial charge is 0.265 e. The lowest BCUT2D eigenvalue weighted by Gasteiger charge is -2.33. The molecule has 31 heavy (non-hydrogen) atoms. The number of fused-ring (bicyclic) bond motifs is 1. The third kappa shape index (κ3) is 5.86. The second-order valence-corrected chi connectivity index (χ2v) is 8.53. The molecule has 1 aliphatic carbocycles. The highest BCUT2D eigenvalue weighted by Gasteiger charge is 2.29. The summed E-state index contributed by atoms with van der Waals surface area (Å²) in [4.78, 5) is 31.9. The minimum atomic E-state index is -0.166. The Labute approximate surface area is 184 Å². The molecular weight excluding hydrogens is 394 g/mol. The summed E-state index contributed by atoms with van der Waals surface area (Å²) in [6, 6.07) is 7.43. The Morgan fingerprint density at radius 1 is 1.16 bits per heavy atom. The van der Waals surface area contributed by atoms with Crippen molar-refractivity contribution < 1.29 is 19.1 Å². The minimum absolute atomic E-state index is 0.0154. The Bertz CT molecular complexity index is 791. The molecule has 7 nitrogen and oxygen atoms in total. The fraction of sp³-hybridized carbons (Fsp3) is 0.583. The van der Waals surface area contributed by atoms with E-state index in [2.05, 4.69) is 17.1 Å². The van der Waals surface area contributed by atoms with Crippen molar-refractivity contribution >= 4 is 17.5 Å². The van der Waals surface area contributed by atoms with Gasteiger partial charge in [-0.05, 0) is 43.7 Å². The van der Waals surface area contributed by atoms with Gasteiger partial charge < -0.3 is 14.4 Å². The number of ether oxygens (including phenoxy) is 2. The second kappa shape index (κ2) is 10.8. The monoisotopic (exact) mass is 427 g/mol. The summed E-state index contributed by atoms with van der Waals surface area (Å²) in [7, 11) is 0. The van der Waals surface area contributed by atoms with Crippen LogP contribution in [0.2, 0.25) is 0 Å². The molecule has 7 heteroatoms. The number of benzene rings is 1. The van der Waals surface area contributed by atoms with E-state index in [1.54, 1.807) is 4.90 Å². The predicted octanol–water partition coefficient (Wildman–Crippen LogP) is 2.32. The lowest BCUT2D eigenvalue weighted by Crippen LogP contribution is -2.48. The Morgan fingerprint density at radius 2 is 2.00 bits per heavy atom. The van der Waals surface area contributed by atoms with Gasteiger partial charge >= 0.3 is 0 Å². The third-order valence-electron chi connectivity index (χ3n) is 6.32. The molecule has 2 aliphatic heterocycles. The van der Waals surface area contributed by atoms with E-state index < -0.39 is 0 Å². The molecule has 0 aromatic heterocycles. The van der Waals surface area contributed by atoms with Crippen LogP contribution in [0.25, 0.3) is 0 Å². The van der Waals surface area contributed by atoms with Crippen LogP contribution in [0.3, 0.4) is 0 Å². The zero-order valence-corrected chi connectivity index (χ0v) is 18.2.